The number of fused-ring (bicyclic) bond motifs is 2. The van der Waals surface area contributed by atoms with Gasteiger partial charge in [0.15, 0.2) is 0 Å². The van der Waals surface area contributed by atoms with Gasteiger partial charge in [-0.1, -0.05) is 54.6 Å². The normalized spacial score (nSPS) is 10.8. The Kier molecular flexibility index (Phi) is 3.35. The van der Waals surface area contributed by atoms with Gasteiger partial charge in [0.2, 0.25) is 0 Å². The van der Waals surface area contributed by atoms with Gasteiger partial charge in [0.25, 0.3) is 5.69 Å². The first-order valence-electron chi connectivity index (χ1n) is 7.56. The van der Waals surface area contributed by atoms with Crippen molar-refractivity contribution in [3.63, 3.8) is 0 Å². The molecule has 4 aromatic carbocycles. The van der Waals surface area contributed by atoms with E-state index in [1.54, 1.807) is 18.2 Å². The highest BCUT2D eigenvalue weighted by atomic mass is 16.6. The first-order valence-corrected chi connectivity index (χ1v) is 7.56. The second kappa shape index (κ2) is 5.66. The first kappa shape index (κ1) is 14.2. The molecule has 4 heteroatoms. The van der Waals surface area contributed by atoms with Crippen molar-refractivity contribution < 1.29 is 9.66 Å². The van der Waals surface area contributed by atoms with Crippen molar-refractivity contribution in [2.24, 2.45) is 0 Å². The van der Waals surface area contributed by atoms with Crippen molar-refractivity contribution in [2.75, 3.05) is 0 Å². The van der Waals surface area contributed by atoms with Crippen molar-refractivity contribution in [1.29, 1.82) is 0 Å². The number of benzene rings is 4. The molecule has 0 saturated carbocycles. The van der Waals surface area contributed by atoms with Crippen LogP contribution in [0.1, 0.15) is 0 Å². The van der Waals surface area contributed by atoms with Gasteiger partial charge in [-0.25, -0.2) is 0 Å². The minimum Gasteiger partial charge on any atom is -0.456 e. The molecule has 0 amide bonds. The number of rotatable bonds is 3. The lowest BCUT2D eigenvalue weighted by Gasteiger charge is -2.11. The van der Waals surface area contributed by atoms with Gasteiger partial charge in [-0.2, -0.15) is 0 Å². The molecule has 0 aliphatic heterocycles. The molecule has 0 fully saturated rings. The minimum absolute atomic E-state index is 0.0795. The molecule has 24 heavy (non-hydrogen) atoms. The summed E-state index contributed by atoms with van der Waals surface area (Å²) >= 11 is 0. The van der Waals surface area contributed by atoms with Crippen LogP contribution in [0.15, 0.2) is 78.9 Å². The van der Waals surface area contributed by atoms with Crippen LogP contribution in [-0.4, -0.2) is 4.92 Å². The summed E-state index contributed by atoms with van der Waals surface area (Å²) in [6.45, 7) is 0. The van der Waals surface area contributed by atoms with E-state index in [9.17, 15) is 10.1 Å². The number of non-ortho nitro benzene ring substituents is 1. The Labute approximate surface area is 138 Å². The standard InChI is InChI=1S/C20H13NO3/c22-21(23)18-12-13-20(17-10-4-3-9-16(17)18)24-19-11-5-7-14-6-1-2-8-15(14)19/h1-13H. The summed E-state index contributed by atoms with van der Waals surface area (Å²) in [5.41, 5.74) is 0.0795. The van der Waals surface area contributed by atoms with E-state index in [1.165, 1.54) is 6.07 Å². The van der Waals surface area contributed by atoms with E-state index in [0.717, 1.165) is 21.9 Å². The Balaban J connectivity index is 1.88. The summed E-state index contributed by atoms with van der Waals surface area (Å²) in [5, 5.41) is 14.6. The van der Waals surface area contributed by atoms with Crippen molar-refractivity contribution in [1.82, 2.24) is 0 Å². The lowest BCUT2D eigenvalue weighted by Crippen LogP contribution is -1.92. The Morgan fingerprint density at radius 1 is 0.667 bits per heavy atom. The Morgan fingerprint density at radius 2 is 1.29 bits per heavy atom. The van der Waals surface area contributed by atoms with Crippen molar-refractivity contribution >= 4 is 27.2 Å². The van der Waals surface area contributed by atoms with Gasteiger partial charge in [-0.05, 0) is 23.6 Å². The summed E-state index contributed by atoms with van der Waals surface area (Å²) in [6, 6.07) is 24.2. The van der Waals surface area contributed by atoms with Crippen LogP contribution >= 0.6 is 0 Å². The average Bonchev–Trinajstić information content (AvgIpc) is 2.62. The Morgan fingerprint density at radius 3 is 2.08 bits per heavy atom. The predicted octanol–water partition coefficient (Wildman–Crippen LogP) is 5.69. The molecule has 4 rings (SSSR count). The fourth-order valence-corrected chi connectivity index (χ4v) is 2.91. The first-order chi connectivity index (χ1) is 11.7. The smallest absolute Gasteiger partial charge is 0.277 e. The molecule has 0 unspecified atom stereocenters. The van der Waals surface area contributed by atoms with Crippen LogP contribution in [0.4, 0.5) is 5.69 Å². The molecule has 0 aliphatic carbocycles. The van der Waals surface area contributed by atoms with Gasteiger partial charge in [-0.3, -0.25) is 10.1 Å². The third-order valence-electron chi connectivity index (χ3n) is 4.03. The molecular formula is C20H13NO3. The Bertz CT molecular complexity index is 1070. The molecular weight excluding hydrogens is 302 g/mol. The van der Waals surface area contributed by atoms with Crippen molar-refractivity contribution in [2.45, 2.75) is 0 Å². The third-order valence-corrected chi connectivity index (χ3v) is 4.03. The summed E-state index contributed by atoms with van der Waals surface area (Å²) < 4.78 is 6.12. The van der Waals surface area contributed by atoms with Gasteiger partial charge < -0.3 is 4.74 Å². The third kappa shape index (κ3) is 2.34. The molecule has 0 heterocycles. The summed E-state index contributed by atoms with van der Waals surface area (Å²) in [7, 11) is 0. The predicted molar refractivity (Wildman–Crippen MR) is 94.6 cm³/mol. The molecule has 4 nitrogen and oxygen atoms in total. The van der Waals surface area contributed by atoms with E-state index in [1.807, 2.05) is 54.6 Å². The lowest BCUT2D eigenvalue weighted by atomic mass is 10.1. The number of ether oxygens (including phenoxy) is 1. The van der Waals surface area contributed by atoms with Gasteiger partial charge in [0.1, 0.15) is 11.5 Å². The van der Waals surface area contributed by atoms with Crippen LogP contribution in [0.2, 0.25) is 0 Å². The zero-order chi connectivity index (χ0) is 16.5. The van der Waals surface area contributed by atoms with Crippen LogP contribution in [0.25, 0.3) is 21.5 Å². The van der Waals surface area contributed by atoms with Gasteiger partial charge in [0, 0.05) is 16.8 Å². The van der Waals surface area contributed by atoms with E-state index in [4.69, 9.17) is 4.74 Å². The maximum Gasteiger partial charge on any atom is 0.277 e. The second-order valence-corrected chi connectivity index (χ2v) is 5.46. The zero-order valence-corrected chi connectivity index (χ0v) is 12.7. The molecule has 116 valence electrons. The maximum absolute atomic E-state index is 11.2. The van der Waals surface area contributed by atoms with E-state index in [-0.39, 0.29) is 10.6 Å². The second-order valence-electron chi connectivity index (χ2n) is 5.46. The Hall–Kier alpha value is -3.40. The molecule has 0 spiro atoms. The number of nitro groups is 1. The zero-order valence-electron chi connectivity index (χ0n) is 12.7. The molecule has 0 saturated heterocycles. The van der Waals surface area contributed by atoms with Crippen LogP contribution in [0.5, 0.6) is 11.5 Å². The lowest BCUT2D eigenvalue weighted by molar-refractivity contribution is -0.383. The van der Waals surface area contributed by atoms with Crippen LogP contribution in [-0.2, 0) is 0 Å². The van der Waals surface area contributed by atoms with Gasteiger partial charge in [-0.15, -0.1) is 0 Å². The van der Waals surface area contributed by atoms with Crippen molar-refractivity contribution in [3.05, 3.63) is 89.0 Å². The quantitative estimate of drug-likeness (QED) is 0.360. The maximum atomic E-state index is 11.2. The monoisotopic (exact) mass is 315 g/mol. The average molecular weight is 315 g/mol. The largest absolute Gasteiger partial charge is 0.456 e. The SMILES string of the molecule is O=[N+]([O-])c1ccc(Oc2cccc3ccccc23)c2ccccc12. The number of nitro benzene ring substituents is 1. The highest BCUT2D eigenvalue weighted by Crippen LogP contribution is 2.37. The highest BCUT2D eigenvalue weighted by molar-refractivity contribution is 5.96. The van der Waals surface area contributed by atoms with E-state index < -0.39 is 0 Å². The number of nitrogens with zero attached hydrogens (tertiary/aromatic N) is 1. The van der Waals surface area contributed by atoms with E-state index in [2.05, 4.69) is 0 Å². The molecule has 0 aromatic heterocycles. The van der Waals surface area contributed by atoms with Crippen LogP contribution in [0.3, 0.4) is 0 Å². The molecule has 4 aromatic rings. The summed E-state index contributed by atoms with van der Waals surface area (Å²) in [6.07, 6.45) is 0. The number of hydrogen-bond donors (Lipinski definition) is 0. The molecule has 0 radical (unpaired) electrons. The summed E-state index contributed by atoms with van der Waals surface area (Å²) in [4.78, 5) is 10.9. The van der Waals surface area contributed by atoms with E-state index >= 15 is 0 Å². The minimum atomic E-state index is -0.371. The molecule has 0 bridgehead atoms. The van der Waals surface area contributed by atoms with Crippen LogP contribution in [0, 0.1) is 10.1 Å². The fourth-order valence-electron chi connectivity index (χ4n) is 2.91. The highest BCUT2D eigenvalue weighted by Gasteiger charge is 2.15. The fraction of sp³-hybridized carbons (Fsp3) is 0. The number of hydrogen-bond acceptors (Lipinski definition) is 3. The molecule has 0 aliphatic rings. The molecule has 0 atom stereocenters. The van der Waals surface area contributed by atoms with Crippen molar-refractivity contribution in [3.8, 4) is 11.5 Å². The topological polar surface area (TPSA) is 52.4 Å². The summed E-state index contributed by atoms with van der Waals surface area (Å²) in [5.74, 6) is 1.33. The van der Waals surface area contributed by atoms with E-state index in [0.29, 0.717) is 11.1 Å². The van der Waals surface area contributed by atoms with Crippen LogP contribution < -0.4 is 4.74 Å². The van der Waals surface area contributed by atoms with Gasteiger partial charge >= 0.3 is 0 Å². The van der Waals surface area contributed by atoms with Gasteiger partial charge in [0.05, 0.1) is 10.3 Å². The molecule has 0 N–H and O–H groups in total.